The average Bonchev–Trinajstić information content (AvgIpc) is 2.68. The predicted molar refractivity (Wildman–Crippen MR) is 104 cm³/mol. The van der Waals surface area contributed by atoms with Crippen molar-refractivity contribution in [3.8, 4) is 17.1 Å². The van der Waals surface area contributed by atoms with Crippen molar-refractivity contribution < 1.29 is 18.7 Å². The number of hydrogen-bond donors (Lipinski definition) is 2. The van der Waals surface area contributed by atoms with Crippen LogP contribution in [-0.4, -0.2) is 20.6 Å². The molecule has 0 aliphatic carbocycles. The van der Waals surface area contributed by atoms with Crippen LogP contribution in [0.2, 0.25) is 10.0 Å². The first kappa shape index (κ1) is 20.8. The summed E-state index contributed by atoms with van der Waals surface area (Å²) in [7, 11) is 1.17. The molecule has 0 spiro atoms. The molecule has 1 amide bonds. The molecule has 0 saturated carbocycles. The third-order valence-electron chi connectivity index (χ3n) is 4.11. The lowest BCUT2D eigenvalue weighted by molar-refractivity contribution is 0.0942. The van der Waals surface area contributed by atoms with Crippen LogP contribution in [-0.2, 0) is 13.6 Å². The van der Waals surface area contributed by atoms with Gasteiger partial charge in [-0.15, -0.1) is 0 Å². The fraction of sp³-hybridized carbons (Fsp3) is 0.105. The van der Waals surface area contributed by atoms with Gasteiger partial charge < -0.3 is 10.4 Å². The molecule has 0 aliphatic heterocycles. The number of aromatic hydroxyl groups is 1. The van der Waals surface area contributed by atoms with E-state index < -0.39 is 45.9 Å². The van der Waals surface area contributed by atoms with E-state index in [0.717, 1.165) is 22.8 Å². The number of benzene rings is 2. The minimum atomic E-state index is -1.03. The van der Waals surface area contributed by atoms with E-state index in [2.05, 4.69) is 10.3 Å². The van der Waals surface area contributed by atoms with Gasteiger partial charge in [-0.3, -0.25) is 14.2 Å². The van der Waals surface area contributed by atoms with Crippen LogP contribution in [0.3, 0.4) is 0 Å². The Kier molecular flexibility index (Phi) is 5.86. The highest BCUT2D eigenvalue weighted by Crippen LogP contribution is 2.25. The van der Waals surface area contributed by atoms with Crippen LogP contribution < -0.4 is 10.9 Å². The summed E-state index contributed by atoms with van der Waals surface area (Å²) in [6.45, 7) is -0.0184. The lowest BCUT2D eigenvalue weighted by Crippen LogP contribution is -2.29. The number of rotatable bonds is 4. The Balaban J connectivity index is 1.99. The fourth-order valence-corrected chi connectivity index (χ4v) is 2.92. The molecule has 150 valence electrons. The van der Waals surface area contributed by atoms with Crippen molar-refractivity contribution >= 4 is 29.1 Å². The lowest BCUT2D eigenvalue weighted by Gasteiger charge is -2.13. The summed E-state index contributed by atoms with van der Waals surface area (Å²) >= 11 is 11.7. The van der Waals surface area contributed by atoms with Crippen molar-refractivity contribution in [3.63, 3.8) is 0 Å². The number of halogens is 4. The van der Waals surface area contributed by atoms with Crippen molar-refractivity contribution in [2.45, 2.75) is 6.54 Å². The van der Waals surface area contributed by atoms with Crippen LogP contribution in [0.25, 0.3) is 11.4 Å². The maximum Gasteiger partial charge on any atom is 0.296 e. The molecule has 0 bridgehead atoms. The van der Waals surface area contributed by atoms with Crippen LogP contribution in [0.5, 0.6) is 5.75 Å². The largest absolute Gasteiger partial charge is 0.501 e. The number of aromatic nitrogens is 2. The predicted octanol–water partition coefficient (Wildman–Crippen LogP) is 3.67. The number of amides is 1. The van der Waals surface area contributed by atoms with E-state index in [9.17, 15) is 23.5 Å². The third kappa shape index (κ3) is 4.08. The van der Waals surface area contributed by atoms with Crippen LogP contribution in [0.1, 0.15) is 16.1 Å². The molecule has 3 aromatic rings. The van der Waals surface area contributed by atoms with Crippen LogP contribution in [0.4, 0.5) is 8.78 Å². The summed E-state index contributed by atoms with van der Waals surface area (Å²) in [6, 6.07) is 7.81. The molecule has 0 saturated heterocycles. The highest BCUT2D eigenvalue weighted by atomic mass is 35.5. The fourth-order valence-electron chi connectivity index (χ4n) is 2.60. The van der Waals surface area contributed by atoms with Gasteiger partial charge in [-0.1, -0.05) is 35.3 Å². The molecular weight excluding hydrogens is 427 g/mol. The Labute approximate surface area is 173 Å². The van der Waals surface area contributed by atoms with Gasteiger partial charge in [0.1, 0.15) is 17.5 Å². The monoisotopic (exact) mass is 439 g/mol. The molecule has 6 nitrogen and oxygen atoms in total. The molecule has 0 unspecified atom stereocenters. The molecule has 29 heavy (non-hydrogen) atoms. The van der Waals surface area contributed by atoms with E-state index in [0.29, 0.717) is 10.6 Å². The van der Waals surface area contributed by atoms with Gasteiger partial charge in [-0.2, -0.15) is 0 Å². The van der Waals surface area contributed by atoms with Gasteiger partial charge in [0.05, 0.1) is 15.6 Å². The summed E-state index contributed by atoms with van der Waals surface area (Å²) in [6.07, 6.45) is 0. The number of carbonyl (C=O) groups excluding carboxylic acids is 1. The first-order chi connectivity index (χ1) is 13.7. The average molecular weight is 440 g/mol. The number of nitrogens with one attached hydrogen (secondary N) is 1. The second-order valence-corrected chi connectivity index (χ2v) is 6.84. The zero-order valence-electron chi connectivity index (χ0n) is 14.8. The van der Waals surface area contributed by atoms with Crippen molar-refractivity contribution in [1.82, 2.24) is 14.9 Å². The molecule has 2 N–H and O–H groups in total. The maximum absolute atomic E-state index is 14.1. The first-order valence-electron chi connectivity index (χ1n) is 8.17. The van der Waals surface area contributed by atoms with Crippen LogP contribution in [0, 0.1) is 11.6 Å². The Hall–Kier alpha value is -2.97. The molecule has 10 heteroatoms. The molecule has 1 aromatic heterocycles. The zero-order chi connectivity index (χ0) is 21.3. The molecule has 3 rings (SSSR count). The quantitative estimate of drug-likeness (QED) is 0.649. The topological polar surface area (TPSA) is 84.2 Å². The second kappa shape index (κ2) is 8.18. The Morgan fingerprint density at radius 3 is 2.45 bits per heavy atom. The lowest BCUT2D eigenvalue weighted by atomic mass is 10.1. The van der Waals surface area contributed by atoms with Gasteiger partial charge in [0, 0.05) is 13.6 Å². The van der Waals surface area contributed by atoms with E-state index in [1.165, 1.54) is 13.1 Å². The van der Waals surface area contributed by atoms with E-state index in [-0.39, 0.29) is 11.6 Å². The van der Waals surface area contributed by atoms with E-state index in [1.807, 2.05) is 0 Å². The zero-order valence-corrected chi connectivity index (χ0v) is 16.4. The Morgan fingerprint density at radius 1 is 1.17 bits per heavy atom. The summed E-state index contributed by atoms with van der Waals surface area (Å²) < 4.78 is 29.0. The maximum atomic E-state index is 14.1. The molecule has 2 aromatic carbocycles. The van der Waals surface area contributed by atoms with Gasteiger partial charge >= 0.3 is 0 Å². The molecule has 0 fully saturated rings. The summed E-state index contributed by atoms with van der Waals surface area (Å²) in [5.74, 6) is -4.24. The van der Waals surface area contributed by atoms with E-state index in [1.54, 1.807) is 12.1 Å². The van der Waals surface area contributed by atoms with Gasteiger partial charge in [-0.05, 0) is 29.8 Å². The third-order valence-corrected chi connectivity index (χ3v) is 4.84. The summed E-state index contributed by atoms with van der Waals surface area (Å²) in [4.78, 5) is 28.6. The number of carbonyl (C=O) groups is 1. The highest BCUT2D eigenvalue weighted by molar-refractivity contribution is 6.42. The highest BCUT2D eigenvalue weighted by Gasteiger charge is 2.23. The molecule has 0 atom stereocenters. The van der Waals surface area contributed by atoms with Crippen molar-refractivity contribution in [1.29, 1.82) is 0 Å². The van der Waals surface area contributed by atoms with Gasteiger partial charge in [-0.25, -0.2) is 13.8 Å². The minimum Gasteiger partial charge on any atom is -0.501 e. The van der Waals surface area contributed by atoms with Crippen molar-refractivity contribution in [2.75, 3.05) is 0 Å². The minimum absolute atomic E-state index is 0.0184. The van der Waals surface area contributed by atoms with Crippen LogP contribution in [0.15, 0.2) is 41.2 Å². The van der Waals surface area contributed by atoms with Crippen LogP contribution >= 0.6 is 23.2 Å². The normalized spacial score (nSPS) is 10.8. The van der Waals surface area contributed by atoms with Gasteiger partial charge in [0.15, 0.2) is 5.69 Å². The van der Waals surface area contributed by atoms with E-state index >= 15 is 0 Å². The Bertz CT molecular complexity index is 1160. The first-order valence-corrected chi connectivity index (χ1v) is 8.92. The standard InChI is InChI=1S/C19H13Cl2F2N3O3/c1-26-17(14-12(22)3-2-4-13(14)23)25-15(16(27)19(26)29)18(28)24-8-9-5-6-10(20)11(21)7-9/h2-7,27H,8H2,1H3,(H,24,28). The second-order valence-electron chi connectivity index (χ2n) is 6.02. The number of hydrogen-bond acceptors (Lipinski definition) is 4. The molecular formula is C19H13Cl2F2N3O3. The Morgan fingerprint density at radius 2 is 1.83 bits per heavy atom. The SMILES string of the molecule is Cn1c(-c2c(F)cccc2F)nc(C(=O)NCc2ccc(Cl)c(Cl)c2)c(O)c1=O. The van der Waals surface area contributed by atoms with Crippen molar-refractivity contribution in [3.05, 3.63) is 79.7 Å². The molecule has 1 heterocycles. The smallest absolute Gasteiger partial charge is 0.296 e. The molecule has 0 radical (unpaired) electrons. The number of nitrogens with zero attached hydrogens (tertiary/aromatic N) is 2. The summed E-state index contributed by atoms with van der Waals surface area (Å²) in [5.41, 5.74) is -1.69. The molecule has 0 aliphatic rings. The van der Waals surface area contributed by atoms with Crippen molar-refractivity contribution in [2.24, 2.45) is 7.05 Å². The van der Waals surface area contributed by atoms with Gasteiger partial charge in [0.2, 0.25) is 5.75 Å². The van der Waals surface area contributed by atoms with Gasteiger partial charge in [0.25, 0.3) is 11.5 Å². The van der Waals surface area contributed by atoms with E-state index in [4.69, 9.17) is 23.2 Å². The summed E-state index contributed by atoms with van der Waals surface area (Å²) in [5, 5.41) is 13.1.